The van der Waals surface area contributed by atoms with Crippen molar-refractivity contribution in [2.45, 2.75) is 51.2 Å². The number of hydrogen-bond acceptors (Lipinski definition) is 5. The summed E-state index contributed by atoms with van der Waals surface area (Å²) in [5.41, 5.74) is 5.39. The molecule has 2 atom stereocenters. The molecule has 202 valence electrons. The molecule has 4 N–H and O–H groups in total. The summed E-state index contributed by atoms with van der Waals surface area (Å²) < 4.78 is 49.7. The lowest BCUT2D eigenvalue weighted by Gasteiger charge is -2.33. The summed E-state index contributed by atoms with van der Waals surface area (Å²) in [7, 11) is 1.40. The highest BCUT2D eigenvalue weighted by atomic mass is 19.2. The lowest BCUT2D eigenvalue weighted by molar-refractivity contribution is 0.0492. The molecule has 0 aliphatic heterocycles. The standard InChI is InChI=1S/C25H27F3N6O4/c1-25(2,3)38-24(37)31-18-11-20-19(9-14(18)13-8-16(27)17(28)10-15(13)26)30-21-7-12(5-6-34(20)21)22(35)32-33-23(36)29-4/h5-8,10,14,18H,9,11H2,1-4H3,(H,31,37)(H,32,35)(H2,29,33,36)/t14-,18+/m1/s1. The molecule has 10 nitrogen and oxygen atoms in total. The van der Waals surface area contributed by atoms with Crippen molar-refractivity contribution in [3.05, 3.63) is 70.4 Å². The first kappa shape index (κ1) is 26.8. The first-order valence-corrected chi connectivity index (χ1v) is 11.8. The molecular formula is C25H27F3N6O4. The Morgan fingerprint density at radius 3 is 2.42 bits per heavy atom. The van der Waals surface area contributed by atoms with Crippen molar-refractivity contribution in [2.24, 2.45) is 0 Å². The minimum atomic E-state index is -1.32. The Morgan fingerprint density at radius 2 is 1.74 bits per heavy atom. The number of carbonyl (C=O) groups excluding carboxylic acids is 3. The number of rotatable bonds is 3. The van der Waals surface area contributed by atoms with E-state index in [1.54, 1.807) is 31.4 Å². The Kier molecular flexibility index (Phi) is 7.20. The Bertz CT molecular complexity index is 1420. The van der Waals surface area contributed by atoms with Gasteiger partial charge in [0.2, 0.25) is 0 Å². The zero-order valence-electron chi connectivity index (χ0n) is 21.1. The van der Waals surface area contributed by atoms with Gasteiger partial charge in [0.1, 0.15) is 17.1 Å². The predicted octanol–water partition coefficient (Wildman–Crippen LogP) is 3.10. The molecule has 0 saturated carbocycles. The van der Waals surface area contributed by atoms with Gasteiger partial charge < -0.3 is 19.8 Å². The molecule has 0 unspecified atom stereocenters. The van der Waals surface area contributed by atoms with Gasteiger partial charge in [-0.15, -0.1) is 0 Å². The number of alkyl carbamates (subject to hydrolysis) is 1. The number of imidazole rings is 1. The minimum Gasteiger partial charge on any atom is -0.444 e. The number of ether oxygens (including phenoxy) is 1. The molecule has 13 heteroatoms. The number of fused-ring (bicyclic) bond motifs is 3. The predicted molar refractivity (Wildman–Crippen MR) is 130 cm³/mol. The highest BCUT2D eigenvalue weighted by Gasteiger charge is 2.36. The Hall–Kier alpha value is -4.29. The van der Waals surface area contributed by atoms with Crippen LogP contribution < -0.4 is 21.5 Å². The van der Waals surface area contributed by atoms with Gasteiger partial charge in [-0.3, -0.25) is 10.2 Å². The number of carbonyl (C=O) groups is 3. The number of aromatic nitrogens is 2. The van der Waals surface area contributed by atoms with Crippen LogP contribution in [0.3, 0.4) is 0 Å². The van der Waals surface area contributed by atoms with Crippen molar-refractivity contribution in [1.82, 2.24) is 30.9 Å². The second kappa shape index (κ2) is 10.2. The molecule has 0 fully saturated rings. The Morgan fingerprint density at radius 1 is 1.03 bits per heavy atom. The molecule has 1 aliphatic rings. The maximum Gasteiger partial charge on any atom is 0.407 e. The van der Waals surface area contributed by atoms with Crippen LogP contribution in [-0.2, 0) is 17.6 Å². The smallest absolute Gasteiger partial charge is 0.407 e. The molecule has 4 amide bonds. The number of urea groups is 1. The molecule has 1 aromatic carbocycles. The van der Waals surface area contributed by atoms with Crippen LogP contribution in [0.15, 0.2) is 30.5 Å². The van der Waals surface area contributed by atoms with Crippen LogP contribution in [-0.4, -0.2) is 46.1 Å². The number of halogens is 3. The fourth-order valence-electron chi connectivity index (χ4n) is 4.37. The fraction of sp³-hybridized carbons (Fsp3) is 0.360. The van der Waals surface area contributed by atoms with Gasteiger partial charge in [-0.05, 0) is 44.5 Å². The molecule has 3 aromatic rings. The number of benzene rings is 1. The Balaban J connectivity index is 1.69. The molecule has 0 radical (unpaired) electrons. The van der Waals surface area contributed by atoms with E-state index in [1.807, 2.05) is 0 Å². The van der Waals surface area contributed by atoms with Gasteiger partial charge >= 0.3 is 12.1 Å². The highest BCUT2D eigenvalue weighted by Crippen LogP contribution is 2.35. The maximum absolute atomic E-state index is 14.8. The van der Waals surface area contributed by atoms with Crippen molar-refractivity contribution >= 4 is 23.7 Å². The van der Waals surface area contributed by atoms with E-state index in [4.69, 9.17) is 4.74 Å². The second-order valence-corrected chi connectivity index (χ2v) is 9.86. The number of amides is 4. The van der Waals surface area contributed by atoms with E-state index in [-0.39, 0.29) is 24.0 Å². The average Bonchev–Trinajstić information content (AvgIpc) is 3.19. The summed E-state index contributed by atoms with van der Waals surface area (Å²) >= 11 is 0. The van der Waals surface area contributed by atoms with Crippen molar-refractivity contribution in [1.29, 1.82) is 0 Å². The first-order chi connectivity index (χ1) is 17.9. The van der Waals surface area contributed by atoms with E-state index in [2.05, 4.69) is 26.5 Å². The van der Waals surface area contributed by atoms with Crippen LogP contribution in [0.25, 0.3) is 5.65 Å². The van der Waals surface area contributed by atoms with E-state index in [0.717, 1.165) is 6.07 Å². The normalized spacial score (nSPS) is 16.9. The van der Waals surface area contributed by atoms with Crippen LogP contribution in [0.2, 0.25) is 0 Å². The summed E-state index contributed by atoms with van der Waals surface area (Å²) in [5.74, 6) is -4.83. The summed E-state index contributed by atoms with van der Waals surface area (Å²) in [6.45, 7) is 5.08. The van der Waals surface area contributed by atoms with Crippen LogP contribution >= 0.6 is 0 Å². The molecular weight excluding hydrogens is 505 g/mol. The van der Waals surface area contributed by atoms with E-state index in [9.17, 15) is 27.6 Å². The number of hydrazine groups is 1. The average molecular weight is 533 g/mol. The summed E-state index contributed by atoms with van der Waals surface area (Å²) in [6, 6.07) is 2.95. The van der Waals surface area contributed by atoms with Crippen LogP contribution in [0.1, 0.15) is 54.0 Å². The topological polar surface area (TPSA) is 126 Å². The number of nitrogens with one attached hydrogen (secondary N) is 4. The van der Waals surface area contributed by atoms with Gasteiger partial charge in [-0.25, -0.2) is 33.2 Å². The molecule has 2 heterocycles. The lowest BCUT2D eigenvalue weighted by atomic mass is 9.80. The quantitative estimate of drug-likeness (QED) is 0.305. The van der Waals surface area contributed by atoms with Gasteiger partial charge in [0.05, 0.1) is 5.69 Å². The van der Waals surface area contributed by atoms with Crippen LogP contribution in [0.4, 0.5) is 22.8 Å². The number of pyridine rings is 1. The van der Waals surface area contributed by atoms with Gasteiger partial charge in [0, 0.05) is 55.4 Å². The van der Waals surface area contributed by atoms with E-state index in [0.29, 0.717) is 23.1 Å². The summed E-state index contributed by atoms with van der Waals surface area (Å²) in [5, 5.41) is 5.05. The summed E-state index contributed by atoms with van der Waals surface area (Å²) in [4.78, 5) is 40.9. The maximum atomic E-state index is 14.8. The largest absolute Gasteiger partial charge is 0.444 e. The lowest BCUT2D eigenvalue weighted by Crippen LogP contribution is -2.46. The molecule has 38 heavy (non-hydrogen) atoms. The van der Waals surface area contributed by atoms with E-state index in [1.165, 1.54) is 19.2 Å². The van der Waals surface area contributed by atoms with E-state index < -0.39 is 53.0 Å². The monoisotopic (exact) mass is 532 g/mol. The fourth-order valence-corrected chi connectivity index (χ4v) is 4.37. The first-order valence-electron chi connectivity index (χ1n) is 11.8. The van der Waals surface area contributed by atoms with Crippen molar-refractivity contribution in [3.8, 4) is 0 Å². The van der Waals surface area contributed by atoms with Crippen molar-refractivity contribution in [3.63, 3.8) is 0 Å². The third-order valence-electron chi connectivity index (χ3n) is 6.04. The molecule has 0 saturated heterocycles. The molecule has 1 aliphatic carbocycles. The molecule has 4 rings (SSSR count). The van der Waals surface area contributed by atoms with Crippen molar-refractivity contribution in [2.75, 3.05) is 7.05 Å². The molecule has 0 spiro atoms. The van der Waals surface area contributed by atoms with Gasteiger partial charge in [-0.1, -0.05) is 0 Å². The number of hydrogen-bond donors (Lipinski definition) is 4. The molecule has 0 bridgehead atoms. The third kappa shape index (κ3) is 5.66. The van der Waals surface area contributed by atoms with E-state index >= 15 is 0 Å². The Labute approximate surface area is 215 Å². The summed E-state index contributed by atoms with van der Waals surface area (Å²) in [6.07, 6.45) is 1.14. The van der Waals surface area contributed by atoms with Gasteiger partial charge in [-0.2, -0.15) is 0 Å². The zero-order valence-corrected chi connectivity index (χ0v) is 21.1. The third-order valence-corrected chi connectivity index (χ3v) is 6.04. The number of nitrogens with zero attached hydrogens (tertiary/aromatic N) is 2. The second-order valence-electron chi connectivity index (χ2n) is 9.86. The van der Waals surface area contributed by atoms with Gasteiger partial charge in [0.15, 0.2) is 11.6 Å². The van der Waals surface area contributed by atoms with Gasteiger partial charge in [0.25, 0.3) is 5.91 Å². The highest BCUT2D eigenvalue weighted by molar-refractivity contribution is 5.96. The SMILES string of the molecule is CNC(=O)NNC(=O)c1ccn2c3c(nc2c1)C[C@H](c1cc(F)c(F)cc1F)[C@@H](NC(=O)OC(C)(C)C)C3. The van der Waals surface area contributed by atoms with Crippen LogP contribution in [0, 0.1) is 17.5 Å². The van der Waals surface area contributed by atoms with Crippen molar-refractivity contribution < 1.29 is 32.3 Å². The van der Waals surface area contributed by atoms with Crippen LogP contribution in [0.5, 0.6) is 0 Å². The molecule has 2 aromatic heterocycles. The zero-order chi connectivity index (χ0) is 27.8. The minimum absolute atomic E-state index is 0.0965.